The molecule has 2 aromatic carbocycles. The zero-order valence-electron chi connectivity index (χ0n) is 12.2. The summed E-state index contributed by atoms with van der Waals surface area (Å²) in [4.78, 5) is 12.0. The lowest BCUT2D eigenvalue weighted by molar-refractivity contribution is 0.0912. The van der Waals surface area contributed by atoms with Gasteiger partial charge in [0.1, 0.15) is 11.6 Å². The Balaban J connectivity index is 1.67. The highest BCUT2D eigenvalue weighted by Gasteiger charge is 2.19. The van der Waals surface area contributed by atoms with E-state index in [0.29, 0.717) is 12.2 Å². The van der Waals surface area contributed by atoms with Crippen LogP contribution >= 0.6 is 11.6 Å². The van der Waals surface area contributed by atoms with Crippen LogP contribution in [-0.2, 0) is 6.42 Å². The van der Waals surface area contributed by atoms with Crippen molar-refractivity contribution in [3.05, 3.63) is 63.9 Å². The van der Waals surface area contributed by atoms with Gasteiger partial charge in [-0.05, 0) is 35.4 Å². The van der Waals surface area contributed by atoms with Gasteiger partial charge in [-0.3, -0.25) is 4.79 Å². The number of benzene rings is 2. The van der Waals surface area contributed by atoms with Gasteiger partial charge in [0.25, 0.3) is 5.91 Å². The van der Waals surface area contributed by atoms with E-state index in [-0.39, 0.29) is 17.1 Å². The molecule has 0 bridgehead atoms. The molecule has 1 aliphatic heterocycles. The lowest BCUT2D eigenvalue weighted by atomic mass is 10.0. The van der Waals surface area contributed by atoms with E-state index in [1.54, 1.807) is 12.1 Å². The molecular formula is C17H15ClFNO3. The summed E-state index contributed by atoms with van der Waals surface area (Å²) in [6, 6.07) is 9.44. The Morgan fingerprint density at radius 2 is 2.22 bits per heavy atom. The van der Waals surface area contributed by atoms with Crippen molar-refractivity contribution in [1.29, 1.82) is 0 Å². The van der Waals surface area contributed by atoms with Crippen LogP contribution in [0.2, 0.25) is 5.02 Å². The summed E-state index contributed by atoms with van der Waals surface area (Å²) < 4.78 is 19.1. The maximum absolute atomic E-state index is 13.7. The molecule has 0 fully saturated rings. The first-order valence-electron chi connectivity index (χ1n) is 7.22. The van der Waals surface area contributed by atoms with E-state index in [1.807, 2.05) is 6.07 Å². The summed E-state index contributed by atoms with van der Waals surface area (Å²) >= 11 is 5.84. The van der Waals surface area contributed by atoms with Crippen LogP contribution in [0.3, 0.4) is 0 Å². The highest BCUT2D eigenvalue weighted by molar-refractivity contribution is 6.33. The molecular weight excluding hydrogens is 321 g/mol. The molecule has 0 radical (unpaired) electrons. The number of ether oxygens (including phenoxy) is 1. The third kappa shape index (κ3) is 3.30. The molecule has 0 spiro atoms. The molecule has 0 saturated heterocycles. The van der Waals surface area contributed by atoms with Gasteiger partial charge in [-0.25, -0.2) is 4.39 Å². The fourth-order valence-corrected chi connectivity index (χ4v) is 2.77. The molecule has 0 unspecified atom stereocenters. The monoisotopic (exact) mass is 335 g/mol. The van der Waals surface area contributed by atoms with E-state index in [1.165, 1.54) is 12.1 Å². The Morgan fingerprint density at radius 3 is 3.00 bits per heavy atom. The van der Waals surface area contributed by atoms with Crippen molar-refractivity contribution in [2.75, 3.05) is 13.2 Å². The third-order valence-corrected chi connectivity index (χ3v) is 4.06. The highest BCUT2D eigenvalue weighted by Crippen LogP contribution is 2.28. The minimum absolute atomic E-state index is 0.0340. The first-order chi connectivity index (χ1) is 11.1. The molecule has 120 valence electrons. The Bertz CT molecular complexity index is 730. The zero-order valence-corrected chi connectivity index (χ0v) is 12.9. The van der Waals surface area contributed by atoms with Crippen molar-refractivity contribution in [2.24, 2.45) is 0 Å². The van der Waals surface area contributed by atoms with Crippen molar-refractivity contribution in [3.8, 4) is 5.75 Å². The number of carbonyl (C=O) groups excluding carboxylic acids is 1. The second-order valence-electron chi connectivity index (χ2n) is 5.29. The van der Waals surface area contributed by atoms with Crippen molar-refractivity contribution >= 4 is 17.5 Å². The number of rotatable bonds is 4. The molecule has 1 amide bonds. The van der Waals surface area contributed by atoms with Crippen LogP contribution in [0.25, 0.3) is 0 Å². The smallest absolute Gasteiger partial charge is 0.255 e. The van der Waals surface area contributed by atoms with Crippen molar-refractivity contribution in [2.45, 2.75) is 12.5 Å². The molecule has 2 N–H and O–H groups in total. The Labute approximate surface area is 137 Å². The van der Waals surface area contributed by atoms with E-state index in [0.717, 1.165) is 23.8 Å². The standard InChI is InChI=1S/C17H15ClFNO3/c18-12-2-1-3-13(19)16(12)17(22)20-9-14(21)10-4-5-15-11(8-10)6-7-23-15/h1-5,8,14,21H,6-7,9H2,(H,20,22)/t14-/m1/s1. The van der Waals surface area contributed by atoms with Crippen LogP contribution in [0.1, 0.15) is 27.6 Å². The van der Waals surface area contributed by atoms with Crippen LogP contribution < -0.4 is 10.1 Å². The van der Waals surface area contributed by atoms with Gasteiger partial charge in [0.05, 0.1) is 23.3 Å². The third-order valence-electron chi connectivity index (χ3n) is 3.74. The Hall–Kier alpha value is -2.11. The van der Waals surface area contributed by atoms with Gasteiger partial charge < -0.3 is 15.2 Å². The van der Waals surface area contributed by atoms with Crippen molar-refractivity contribution in [3.63, 3.8) is 0 Å². The number of aliphatic hydroxyl groups is 1. The number of amides is 1. The number of nitrogens with one attached hydrogen (secondary N) is 1. The van der Waals surface area contributed by atoms with E-state index >= 15 is 0 Å². The van der Waals surface area contributed by atoms with E-state index < -0.39 is 17.8 Å². The lowest BCUT2D eigenvalue weighted by Gasteiger charge is -2.14. The summed E-state index contributed by atoms with van der Waals surface area (Å²) in [7, 11) is 0. The maximum atomic E-state index is 13.7. The normalized spacial score (nSPS) is 14.0. The molecule has 4 nitrogen and oxygen atoms in total. The van der Waals surface area contributed by atoms with Crippen molar-refractivity contribution in [1.82, 2.24) is 5.32 Å². The quantitative estimate of drug-likeness (QED) is 0.903. The van der Waals surface area contributed by atoms with Gasteiger partial charge in [0.15, 0.2) is 0 Å². The van der Waals surface area contributed by atoms with Crippen LogP contribution in [0, 0.1) is 5.82 Å². The minimum Gasteiger partial charge on any atom is -0.493 e. The SMILES string of the molecule is O=C(NC[C@@H](O)c1ccc2c(c1)CCO2)c1c(F)cccc1Cl. The summed E-state index contributed by atoms with van der Waals surface area (Å²) in [5.41, 5.74) is 1.49. The predicted molar refractivity (Wildman–Crippen MR) is 84.3 cm³/mol. The molecule has 0 aromatic heterocycles. The predicted octanol–water partition coefficient (Wildman–Crippen LogP) is 2.88. The number of carbonyl (C=O) groups is 1. The summed E-state index contributed by atoms with van der Waals surface area (Å²) in [5, 5.41) is 12.7. The van der Waals surface area contributed by atoms with Crippen LogP contribution in [0.5, 0.6) is 5.75 Å². The van der Waals surface area contributed by atoms with Gasteiger partial charge in [-0.1, -0.05) is 23.7 Å². The van der Waals surface area contributed by atoms with Crippen LogP contribution in [0.15, 0.2) is 36.4 Å². The minimum atomic E-state index is -0.893. The second kappa shape index (κ2) is 6.56. The molecule has 2 aromatic rings. The number of fused-ring (bicyclic) bond motifs is 1. The Morgan fingerprint density at radius 1 is 1.39 bits per heavy atom. The molecule has 0 aliphatic carbocycles. The summed E-state index contributed by atoms with van der Waals surface area (Å²) in [6.07, 6.45) is -0.0945. The van der Waals surface area contributed by atoms with Gasteiger partial charge >= 0.3 is 0 Å². The summed E-state index contributed by atoms with van der Waals surface area (Å²) in [5.74, 6) is -0.529. The van der Waals surface area contributed by atoms with Crippen molar-refractivity contribution < 1.29 is 19.0 Å². The van der Waals surface area contributed by atoms with E-state index in [9.17, 15) is 14.3 Å². The molecule has 1 aliphatic rings. The first kappa shape index (κ1) is 15.8. The molecule has 6 heteroatoms. The largest absolute Gasteiger partial charge is 0.493 e. The van der Waals surface area contributed by atoms with Gasteiger partial charge in [-0.15, -0.1) is 0 Å². The highest BCUT2D eigenvalue weighted by atomic mass is 35.5. The Kier molecular flexibility index (Phi) is 4.50. The molecule has 0 saturated carbocycles. The fourth-order valence-electron chi connectivity index (χ4n) is 2.52. The van der Waals surface area contributed by atoms with Gasteiger partial charge in [0, 0.05) is 13.0 Å². The maximum Gasteiger partial charge on any atom is 0.255 e. The van der Waals surface area contributed by atoms with E-state index in [4.69, 9.17) is 16.3 Å². The molecule has 3 rings (SSSR count). The molecule has 1 heterocycles. The van der Waals surface area contributed by atoms with Crippen LogP contribution in [0.4, 0.5) is 4.39 Å². The average molecular weight is 336 g/mol. The second-order valence-corrected chi connectivity index (χ2v) is 5.70. The molecule has 1 atom stereocenters. The van der Waals surface area contributed by atoms with Gasteiger partial charge in [-0.2, -0.15) is 0 Å². The zero-order chi connectivity index (χ0) is 16.4. The van der Waals surface area contributed by atoms with E-state index in [2.05, 4.69) is 5.32 Å². The number of hydrogen-bond acceptors (Lipinski definition) is 3. The average Bonchev–Trinajstić information content (AvgIpc) is 3.00. The van der Waals surface area contributed by atoms with Crippen LogP contribution in [-0.4, -0.2) is 24.2 Å². The number of halogens is 2. The molecule has 23 heavy (non-hydrogen) atoms. The topological polar surface area (TPSA) is 58.6 Å². The number of hydrogen-bond donors (Lipinski definition) is 2. The lowest BCUT2D eigenvalue weighted by Crippen LogP contribution is -2.29. The van der Waals surface area contributed by atoms with Gasteiger partial charge in [0.2, 0.25) is 0 Å². The first-order valence-corrected chi connectivity index (χ1v) is 7.60. The number of aliphatic hydroxyl groups excluding tert-OH is 1. The fraction of sp³-hybridized carbons (Fsp3) is 0.235. The summed E-state index contributed by atoms with van der Waals surface area (Å²) in [6.45, 7) is 0.598.